The number of halogens is 3. The fraction of sp³-hybridized carbons (Fsp3) is 0.462. The van der Waals surface area contributed by atoms with E-state index in [2.05, 4.69) is 21.2 Å². The van der Waals surface area contributed by atoms with Crippen molar-refractivity contribution in [1.29, 1.82) is 0 Å². The van der Waals surface area contributed by atoms with Gasteiger partial charge in [-0.2, -0.15) is 0 Å². The molecule has 0 saturated heterocycles. The van der Waals surface area contributed by atoms with E-state index in [4.69, 9.17) is 0 Å². The summed E-state index contributed by atoms with van der Waals surface area (Å²) >= 11 is 3.32. The van der Waals surface area contributed by atoms with E-state index in [1.165, 1.54) is 13.0 Å². The second-order valence-electron chi connectivity index (χ2n) is 4.09. The topological polar surface area (TPSA) is 29.1 Å². The summed E-state index contributed by atoms with van der Waals surface area (Å²) in [6.07, 6.45) is 2.88. The first-order valence-corrected chi connectivity index (χ1v) is 6.98. The van der Waals surface area contributed by atoms with Crippen molar-refractivity contribution in [3.8, 4) is 0 Å². The van der Waals surface area contributed by atoms with E-state index < -0.39 is 17.5 Å². The van der Waals surface area contributed by atoms with E-state index in [9.17, 15) is 13.6 Å². The molecule has 1 rings (SSSR count). The lowest BCUT2D eigenvalue weighted by atomic mass is 10.1. The van der Waals surface area contributed by atoms with Crippen molar-refractivity contribution in [2.45, 2.75) is 26.2 Å². The Morgan fingerprint density at radius 3 is 2.61 bits per heavy atom. The van der Waals surface area contributed by atoms with Gasteiger partial charge < -0.3 is 5.32 Å². The van der Waals surface area contributed by atoms with Crippen LogP contribution in [-0.4, -0.2) is 17.8 Å². The first-order valence-electron chi connectivity index (χ1n) is 5.86. The minimum atomic E-state index is -0.823. The van der Waals surface area contributed by atoms with Crippen molar-refractivity contribution < 1.29 is 13.6 Å². The Morgan fingerprint density at radius 1 is 1.22 bits per heavy atom. The number of unbranched alkanes of at least 4 members (excludes halogenated alkanes) is 2. The van der Waals surface area contributed by atoms with Gasteiger partial charge in [0.25, 0.3) is 5.91 Å². The molecule has 0 atom stereocenters. The standard InChI is InChI=1S/C13H16BrF2NO/c1-9-7-10(12(16)8-11(9)15)13(18)17-6-4-2-3-5-14/h7-8H,2-6H2,1H3,(H,17,18). The Balaban J connectivity index is 2.54. The number of hydrogen-bond acceptors (Lipinski definition) is 1. The van der Waals surface area contributed by atoms with Gasteiger partial charge in [0.05, 0.1) is 5.56 Å². The summed E-state index contributed by atoms with van der Waals surface area (Å²) in [6, 6.07) is 1.98. The number of amides is 1. The lowest BCUT2D eigenvalue weighted by Gasteiger charge is -2.07. The van der Waals surface area contributed by atoms with Crippen molar-refractivity contribution in [3.05, 3.63) is 34.9 Å². The number of carbonyl (C=O) groups excluding carboxylic acids is 1. The number of rotatable bonds is 6. The third-order valence-corrected chi connectivity index (χ3v) is 3.15. The predicted octanol–water partition coefficient (Wildman–Crippen LogP) is 3.57. The normalized spacial score (nSPS) is 10.4. The number of hydrogen-bond donors (Lipinski definition) is 1. The van der Waals surface area contributed by atoms with Gasteiger partial charge in [0.15, 0.2) is 0 Å². The molecule has 1 N–H and O–H groups in total. The summed E-state index contributed by atoms with van der Waals surface area (Å²) in [6.45, 7) is 2.00. The summed E-state index contributed by atoms with van der Waals surface area (Å²) < 4.78 is 26.4. The monoisotopic (exact) mass is 319 g/mol. The van der Waals surface area contributed by atoms with Crippen LogP contribution in [-0.2, 0) is 0 Å². The van der Waals surface area contributed by atoms with Crippen molar-refractivity contribution in [2.75, 3.05) is 11.9 Å². The van der Waals surface area contributed by atoms with Crippen LogP contribution in [0.25, 0.3) is 0 Å². The Bertz CT molecular complexity index is 424. The maximum absolute atomic E-state index is 13.4. The Morgan fingerprint density at radius 2 is 1.94 bits per heavy atom. The number of alkyl halides is 1. The van der Waals surface area contributed by atoms with E-state index in [1.807, 2.05) is 0 Å². The molecule has 0 spiro atoms. The number of carbonyl (C=O) groups is 1. The van der Waals surface area contributed by atoms with Crippen LogP contribution in [0.2, 0.25) is 0 Å². The molecule has 0 aliphatic carbocycles. The van der Waals surface area contributed by atoms with Crippen LogP contribution in [0.3, 0.4) is 0 Å². The highest BCUT2D eigenvalue weighted by Gasteiger charge is 2.13. The molecular weight excluding hydrogens is 304 g/mol. The highest BCUT2D eigenvalue weighted by molar-refractivity contribution is 9.09. The highest BCUT2D eigenvalue weighted by Crippen LogP contribution is 2.14. The van der Waals surface area contributed by atoms with Gasteiger partial charge in [-0.25, -0.2) is 8.78 Å². The molecule has 18 heavy (non-hydrogen) atoms. The molecule has 0 radical (unpaired) electrons. The van der Waals surface area contributed by atoms with Gasteiger partial charge in [-0.3, -0.25) is 4.79 Å². The second-order valence-corrected chi connectivity index (χ2v) is 4.88. The molecule has 0 fully saturated rings. The molecule has 1 aromatic rings. The molecule has 1 amide bonds. The predicted molar refractivity (Wildman–Crippen MR) is 71.1 cm³/mol. The quantitative estimate of drug-likeness (QED) is 0.630. The SMILES string of the molecule is Cc1cc(C(=O)NCCCCCBr)c(F)cc1F. The van der Waals surface area contributed by atoms with Gasteiger partial charge in [0.1, 0.15) is 11.6 Å². The van der Waals surface area contributed by atoms with Gasteiger partial charge in [-0.1, -0.05) is 22.4 Å². The van der Waals surface area contributed by atoms with E-state index >= 15 is 0 Å². The summed E-state index contributed by atoms with van der Waals surface area (Å²) in [5, 5.41) is 3.57. The average Bonchev–Trinajstić information content (AvgIpc) is 2.33. The fourth-order valence-corrected chi connectivity index (χ4v) is 1.92. The maximum atomic E-state index is 13.4. The molecule has 0 aliphatic rings. The molecule has 100 valence electrons. The van der Waals surface area contributed by atoms with E-state index in [1.54, 1.807) is 0 Å². The van der Waals surface area contributed by atoms with E-state index in [-0.39, 0.29) is 11.1 Å². The van der Waals surface area contributed by atoms with Crippen LogP contribution in [0, 0.1) is 18.6 Å². The van der Waals surface area contributed by atoms with Gasteiger partial charge in [0.2, 0.25) is 0 Å². The molecule has 5 heteroatoms. The molecule has 0 aliphatic heterocycles. The van der Waals surface area contributed by atoms with Crippen LogP contribution < -0.4 is 5.32 Å². The van der Waals surface area contributed by atoms with Crippen molar-refractivity contribution in [3.63, 3.8) is 0 Å². The van der Waals surface area contributed by atoms with Crippen LogP contribution in [0.1, 0.15) is 35.2 Å². The molecule has 1 aromatic carbocycles. The number of aryl methyl sites for hydroxylation is 1. The lowest BCUT2D eigenvalue weighted by Crippen LogP contribution is -2.25. The molecule has 0 unspecified atom stereocenters. The smallest absolute Gasteiger partial charge is 0.254 e. The summed E-state index contributed by atoms with van der Waals surface area (Å²) in [7, 11) is 0. The largest absolute Gasteiger partial charge is 0.352 e. The second kappa shape index (κ2) is 7.46. The van der Waals surface area contributed by atoms with Crippen LogP contribution in [0.4, 0.5) is 8.78 Å². The molecule has 2 nitrogen and oxygen atoms in total. The minimum Gasteiger partial charge on any atom is -0.352 e. The lowest BCUT2D eigenvalue weighted by molar-refractivity contribution is 0.0949. The first-order chi connectivity index (χ1) is 8.56. The first kappa shape index (κ1) is 15.1. The van der Waals surface area contributed by atoms with Crippen LogP contribution >= 0.6 is 15.9 Å². The van der Waals surface area contributed by atoms with E-state index in [0.717, 1.165) is 30.7 Å². The van der Waals surface area contributed by atoms with E-state index in [0.29, 0.717) is 6.54 Å². The van der Waals surface area contributed by atoms with Gasteiger partial charge >= 0.3 is 0 Å². The number of nitrogens with one attached hydrogen (secondary N) is 1. The fourth-order valence-electron chi connectivity index (χ4n) is 1.52. The summed E-state index contributed by atoms with van der Waals surface area (Å²) in [4.78, 5) is 11.7. The zero-order chi connectivity index (χ0) is 13.5. The van der Waals surface area contributed by atoms with Gasteiger partial charge in [-0.05, 0) is 31.4 Å². The Hall–Kier alpha value is -0.970. The Kier molecular flexibility index (Phi) is 6.25. The molecular formula is C13H16BrF2NO. The molecule has 0 aromatic heterocycles. The Labute approximate surface area is 114 Å². The zero-order valence-electron chi connectivity index (χ0n) is 10.2. The summed E-state index contributed by atoms with van der Waals surface area (Å²) in [5.74, 6) is -1.95. The van der Waals surface area contributed by atoms with Crippen LogP contribution in [0.5, 0.6) is 0 Å². The highest BCUT2D eigenvalue weighted by atomic mass is 79.9. The third kappa shape index (κ3) is 4.37. The zero-order valence-corrected chi connectivity index (χ0v) is 11.8. The average molecular weight is 320 g/mol. The molecule has 0 heterocycles. The maximum Gasteiger partial charge on any atom is 0.254 e. The minimum absolute atomic E-state index is 0.102. The molecule has 0 bridgehead atoms. The summed E-state index contributed by atoms with van der Waals surface area (Å²) in [5.41, 5.74) is 0.162. The van der Waals surface area contributed by atoms with Gasteiger partial charge in [0, 0.05) is 17.9 Å². The van der Waals surface area contributed by atoms with Gasteiger partial charge in [-0.15, -0.1) is 0 Å². The molecule has 0 saturated carbocycles. The number of benzene rings is 1. The third-order valence-electron chi connectivity index (χ3n) is 2.59. The van der Waals surface area contributed by atoms with Crippen LogP contribution in [0.15, 0.2) is 12.1 Å². The van der Waals surface area contributed by atoms with Crippen molar-refractivity contribution in [1.82, 2.24) is 5.32 Å². The van der Waals surface area contributed by atoms with Crippen molar-refractivity contribution in [2.24, 2.45) is 0 Å². The van der Waals surface area contributed by atoms with Crippen molar-refractivity contribution >= 4 is 21.8 Å².